The largest absolute Gasteiger partial charge is 0.390 e. The molecule has 0 bridgehead atoms. The lowest BCUT2D eigenvalue weighted by Gasteiger charge is -2.19. The maximum absolute atomic E-state index is 9.78. The molecule has 78 valence electrons. The normalized spacial score (nSPS) is 15.1. The van der Waals surface area contributed by atoms with E-state index in [0.717, 1.165) is 5.56 Å². The SMILES string of the molecule is CCC(O)C(O)c1c(C)ccnc1N. The average Bonchev–Trinajstić information content (AvgIpc) is 2.16. The second-order valence-corrected chi connectivity index (χ2v) is 3.35. The van der Waals surface area contributed by atoms with Crippen LogP contribution in [0.2, 0.25) is 0 Å². The Morgan fingerprint density at radius 1 is 1.50 bits per heavy atom. The summed E-state index contributed by atoms with van der Waals surface area (Å²) >= 11 is 0. The Morgan fingerprint density at radius 3 is 2.64 bits per heavy atom. The van der Waals surface area contributed by atoms with E-state index < -0.39 is 12.2 Å². The minimum Gasteiger partial charge on any atom is -0.390 e. The number of aryl methyl sites for hydroxylation is 1. The van der Waals surface area contributed by atoms with Crippen molar-refractivity contribution in [2.75, 3.05) is 5.73 Å². The van der Waals surface area contributed by atoms with Gasteiger partial charge >= 0.3 is 0 Å². The third kappa shape index (κ3) is 2.02. The third-order valence-corrected chi connectivity index (χ3v) is 2.32. The zero-order valence-corrected chi connectivity index (χ0v) is 8.44. The van der Waals surface area contributed by atoms with Crippen LogP contribution in [0, 0.1) is 6.92 Å². The molecule has 2 atom stereocenters. The molecule has 1 rings (SSSR count). The minimum absolute atomic E-state index is 0.282. The predicted molar refractivity (Wildman–Crippen MR) is 54.6 cm³/mol. The van der Waals surface area contributed by atoms with Crippen molar-refractivity contribution in [1.29, 1.82) is 0 Å². The van der Waals surface area contributed by atoms with Gasteiger partial charge in [-0.1, -0.05) is 6.92 Å². The first kappa shape index (κ1) is 10.9. The van der Waals surface area contributed by atoms with Gasteiger partial charge in [-0.2, -0.15) is 0 Å². The van der Waals surface area contributed by atoms with Gasteiger partial charge in [0.25, 0.3) is 0 Å². The topological polar surface area (TPSA) is 79.4 Å². The van der Waals surface area contributed by atoms with Gasteiger partial charge in [-0.25, -0.2) is 4.98 Å². The first-order valence-electron chi connectivity index (χ1n) is 4.65. The van der Waals surface area contributed by atoms with Crippen LogP contribution in [0.5, 0.6) is 0 Å². The summed E-state index contributed by atoms with van der Waals surface area (Å²) < 4.78 is 0. The van der Waals surface area contributed by atoms with E-state index in [0.29, 0.717) is 12.0 Å². The van der Waals surface area contributed by atoms with Crippen LogP contribution >= 0.6 is 0 Å². The monoisotopic (exact) mass is 196 g/mol. The van der Waals surface area contributed by atoms with Gasteiger partial charge in [-0.3, -0.25) is 0 Å². The van der Waals surface area contributed by atoms with Crippen molar-refractivity contribution in [2.45, 2.75) is 32.5 Å². The van der Waals surface area contributed by atoms with Crippen LogP contribution in [0.25, 0.3) is 0 Å². The van der Waals surface area contributed by atoms with Gasteiger partial charge in [-0.15, -0.1) is 0 Å². The number of nitrogen functional groups attached to an aromatic ring is 1. The molecule has 0 aliphatic heterocycles. The number of hydrogen-bond donors (Lipinski definition) is 3. The van der Waals surface area contributed by atoms with E-state index >= 15 is 0 Å². The van der Waals surface area contributed by atoms with Gasteiger partial charge in [-0.05, 0) is 25.0 Å². The smallest absolute Gasteiger partial charge is 0.129 e. The molecule has 4 heteroatoms. The van der Waals surface area contributed by atoms with E-state index in [1.165, 1.54) is 0 Å². The number of pyridine rings is 1. The van der Waals surface area contributed by atoms with E-state index in [1.807, 2.05) is 6.92 Å². The molecule has 0 radical (unpaired) electrons. The number of nitrogens with zero attached hydrogens (tertiary/aromatic N) is 1. The summed E-state index contributed by atoms with van der Waals surface area (Å²) in [5.41, 5.74) is 7.01. The van der Waals surface area contributed by atoms with Gasteiger partial charge < -0.3 is 15.9 Å². The maximum Gasteiger partial charge on any atom is 0.129 e. The van der Waals surface area contributed by atoms with E-state index in [4.69, 9.17) is 5.73 Å². The lowest BCUT2D eigenvalue weighted by Crippen LogP contribution is -2.19. The predicted octanol–water partition coefficient (Wildman–Crippen LogP) is 0.777. The van der Waals surface area contributed by atoms with Crippen molar-refractivity contribution < 1.29 is 10.2 Å². The highest BCUT2D eigenvalue weighted by molar-refractivity contribution is 5.45. The second kappa shape index (κ2) is 4.39. The number of aliphatic hydroxyl groups is 2. The lowest BCUT2D eigenvalue weighted by molar-refractivity contribution is 0.0164. The molecule has 4 N–H and O–H groups in total. The first-order valence-corrected chi connectivity index (χ1v) is 4.65. The Morgan fingerprint density at radius 2 is 2.14 bits per heavy atom. The van der Waals surface area contributed by atoms with Crippen LogP contribution in [-0.4, -0.2) is 21.3 Å². The van der Waals surface area contributed by atoms with Gasteiger partial charge in [0, 0.05) is 11.8 Å². The number of rotatable bonds is 3. The highest BCUT2D eigenvalue weighted by atomic mass is 16.3. The van der Waals surface area contributed by atoms with Crippen LogP contribution in [0.3, 0.4) is 0 Å². The molecule has 14 heavy (non-hydrogen) atoms. The fourth-order valence-corrected chi connectivity index (χ4v) is 1.39. The first-order chi connectivity index (χ1) is 6.57. The highest BCUT2D eigenvalue weighted by Crippen LogP contribution is 2.25. The average molecular weight is 196 g/mol. The van der Waals surface area contributed by atoms with Crippen molar-refractivity contribution in [1.82, 2.24) is 4.98 Å². The van der Waals surface area contributed by atoms with Crippen molar-refractivity contribution in [2.24, 2.45) is 0 Å². The van der Waals surface area contributed by atoms with E-state index in [9.17, 15) is 10.2 Å². The van der Waals surface area contributed by atoms with Crippen LogP contribution in [0.1, 0.15) is 30.6 Å². The number of hydrogen-bond acceptors (Lipinski definition) is 4. The van der Waals surface area contributed by atoms with Crippen molar-refractivity contribution in [3.8, 4) is 0 Å². The van der Waals surface area contributed by atoms with Crippen LogP contribution < -0.4 is 5.73 Å². The quantitative estimate of drug-likeness (QED) is 0.667. The van der Waals surface area contributed by atoms with Crippen molar-refractivity contribution in [3.05, 3.63) is 23.4 Å². The molecule has 0 spiro atoms. The molecule has 0 fully saturated rings. The van der Waals surface area contributed by atoms with Crippen LogP contribution in [0.15, 0.2) is 12.3 Å². The Labute approximate surface area is 83.4 Å². The molecule has 0 saturated heterocycles. The van der Waals surface area contributed by atoms with Crippen molar-refractivity contribution >= 4 is 5.82 Å². The zero-order chi connectivity index (χ0) is 10.7. The number of nitrogens with two attached hydrogens (primary N) is 1. The van der Waals surface area contributed by atoms with Crippen LogP contribution in [0.4, 0.5) is 5.82 Å². The molecule has 0 amide bonds. The number of anilines is 1. The fraction of sp³-hybridized carbons (Fsp3) is 0.500. The summed E-state index contributed by atoms with van der Waals surface area (Å²) in [6.45, 7) is 3.63. The molecule has 4 nitrogen and oxygen atoms in total. The summed E-state index contributed by atoms with van der Waals surface area (Å²) in [7, 11) is 0. The molecule has 2 unspecified atom stereocenters. The summed E-state index contributed by atoms with van der Waals surface area (Å²) in [6.07, 6.45) is 0.322. The number of aromatic nitrogens is 1. The Hall–Kier alpha value is -1.13. The van der Waals surface area contributed by atoms with Gasteiger partial charge in [0.15, 0.2) is 0 Å². The molecular formula is C10H16N2O2. The van der Waals surface area contributed by atoms with E-state index in [2.05, 4.69) is 4.98 Å². The van der Waals surface area contributed by atoms with E-state index in [-0.39, 0.29) is 5.82 Å². The molecule has 1 aromatic heterocycles. The summed E-state index contributed by atoms with van der Waals surface area (Å²) in [4.78, 5) is 3.88. The summed E-state index contributed by atoms with van der Waals surface area (Å²) in [5.74, 6) is 0.282. The molecule has 0 aliphatic rings. The Balaban J connectivity index is 3.05. The van der Waals surface area contributed by atoms with Crippen LogP contribution in [-0.2, 0) is 0 Å². The highest BCUT2D eigenvalue weighted by Gasteiger charge is 2.21. The maximum atomic E-state index is 9.78. The molecular weight excluding hydrogens is 180 g/mol. The number of aliphatic hydroxyl groups excluding tert-OH is 2. The molecule has 0 saturated carbocycles. The Bertz CT molecular complexity index is 295. The molecule has 1 heterocycles. The molecule has 0 aliphatic carbocycles. The summed E-state index contributed by atoms with van der Waals surface area (Å²) in [6, 6.07) is 1.76. The molecule has 1 aromatic rings. The fourth-order valence-electron chi connectivity index (χ4n) is 1.39. The van der Waals surface area contributed by atoms with E-state index in [1.54, 1.807) is 19.2 Å². The molecule has 0 aromatic carbocycles. The minimum atomic E-state index is -0.950. The van der Waals surface area contributed by atoms with Gasteiger partial charge in [0.1, 0.15) is 11.9 Å². The lowest BCUT2D eigenvalue weighted by atomic mass is 9.99. The standard InChI is InChI=1S/C10H16N2O2/c1-3-7(13)9(14)8-6(2)4-5-12-10(8)11/h4-5,7,9,13-14H,3H2,1-2H3,(H2,11,12). The van der Waals surface area contributed by atoms with Gasteiger partial charge in [0.2, 0.25) is 0 Å². The third-order valence-electron chi connectivity index (χ3n) is 2.32. The Kier molecular flexibility index (Phi) is 3.43. The van der Waals surface area contributed by atoms with Crippen molar-refractivity contribution in [3.63, 3.8) is 0 Å². The van der Waals surface area contributed by atoms with Gasteiger partial charge in [0.05, 0.1) is 6.10 Å². The second-order valence-electron chi connectivity index (χ2n) is 3.35. The zero-order valence-electron chi connectivity index (χ0n) is 8.44. The summed E-state index contributed by atoms with van der Waals surface area (Å²) in [5, 5.41) is 19.3.